The highest BCUT2D eigenvalue weighted by Gasteiger charge is 2.00. The van der Waals surface area contributed by atoms with Crippen LogP contribution < -0.4 is 5.32 Å². The number of hydrogen-bond donors (Lipinski definition) is 1. The minimum atomic E-state index is 0.343. The first-order valence-corrected chi connectivity index (χ1v) is 6.25. The summed E-state index contributed by atoms with van der Waals surface area (Å²) in [5.74, 6) is 0. The van der Waals surface area contributed by atoms with E-state index >= 15 is 0 Å². The SMILES string of the molecule is CCC(Cl)CCNCCN(CC)CC. The van der Waals surface area contributed by atoms with Crippen LogP contribution in [0.3, 0.4) is 0 Å². The minimum absolute atomic E-state index is 0.343. The van der Waals surface area contributed by atoms with E-state index in [9.17, 15) is 0 Å². The second-order valence-corrected chi connectivity index (χ2v) is 4.19. The Morgan fingerprint density at radius 2 is 1.79 bits per heavy atom. The highest BCUT2D eigenvalue weighted by Crippen LogP contribution is 2.04. The molecule has 0 fully saturated rings. The lowest BCUT2D eigenvalue weighted by atomic mass is 10.2. The zero-order valence-corrected chi connectivity index (χ0v) is 10.6. The van der Waals surface area contributed by atoms with Crippen LogP contribution in [0.5, 0.6) is 0 Å². The van der Waals surface area contributed by atoms with Gasteiger partial charge in [0.05, 0.1) is 0 Å². The summed E-state index contributed by atoms with van der Waals surface area (Å²) in [5, 5.41) is 3.77. The largest absolute Gasteiger partial charge is 0.315 e. The quantitative estimate of drug-likeness (QED) is 0.474. The lowest BCUT2D eigenvalue weighted by Crippen LogP contribution is -2.32. The fraction of sp³-hybridized carbons (Fsp3) is 1.00. The molecule has 0 aliphatic rings. The zero-order valence-electron chi connectivity index (χ0n) is 9.85. The Hall–Kier alpha value is 0.210. The Labute approximate surface area is 94.0 Å². The van der Waals surface area contributed by atoms with Gasteiger partial charge in [0, 0.05) is 18.5 Å². The maximum Gasteiger partial charge on any atom is 0.0345 e. The Kier molecular flexibility index (Phi) is 9.90. The Balaban J connectivity index is 3.20. The molecule has 0 bridgehead atoms. The molecule has 1 N–H and O–H groups in total. The Morgan fingerprint density at radius 1 is 1.14 bits per heavy atom. The summed E-state index contributed by atoms with van der Waals surface area (Å²) in [5.41, 5.74) is 0. The summed E-state index contributed by atoms with van der Waals surface area (Å²) in [6.07, 6.45) is 2.15. The van der Waals surface area contributed by atoms with Crippen molar-refractivity contribution in [3.63, 3.8) is 0 Å². The van der Waals surface area contributed by atoms with Gasteiger partial charge in [0.1, 0.15) is 0 Å². The summed E-state index contributed by atoms with van der Waals surface area (Å²) in [4.78, 5) is 2.42. The molecule has 0 amide bonds. The Bertz CT molecular complexity index is 116. The number of nitrogens with zero attached hydrogens (tertiary/aromatic N) is 1. The molecule has 0 saturated heterocycles. The summed E-state index contributed by atoms with van der Waals surface area (Å²) in [7, 11) is 0. The van der Waals surface area contributed by atoms with E-state index in [1.165, 1.54) is 0 Å². The minimum Gasteiger partial charge on any atom is -0.315 e. The molecule has 0 aromatic rings. The van der Waals surface area contributed by atoms with Crippen LogP contribution >= 0.6 is 11.6 Å². The topological polar surface area (TPSA) is 15.3 Å². The van der Waals surface area contributed by atoms with Crippen molar-refractivity contribution in [1.29, 1.82) is 0 Å². The van der Waals surface area contributed by atoms with Gasteiger partial charge in [-0.2, -0.15) is 0 Å². The second kappa shape index (κ2) is 9.75. The molecule has 0 spiro atoms. The maximum atomic E-state index is 6.01. The maximum absolute atomic E-state index is 6.01. The van der Waals surface area contributed by atoms with E-state index in [2.05, 4.69) is 31.0 Å². The number of halogens is 1. The van der Waals surface area contributed by atoms with Crippen molar-refractivity contribution in [1.82, 2.24) is 10.2 Å². The molecule has 14 heavy (non-hydrogen) atoms. The second-order valence-electron chi connectivity index (χ2n) is 3.57. The van der Waals surface area contributed by atoms with Gasteiger partial charge in [-0.25, -0.2) is 0 Å². The normalized spacial score (nSPS) is 13.5. The van der Waals surface area contributed by atoms with Gasteiger partial charge in [-0.3, -0.25) is 0 Å². The smallest absolute Gasteiger partial charge is 0.0345 e. The van der Waals surface area contributed by atoms with Crippen molar-refractivity contribution < 1.29 is 0 Å². The fourth-order valence-electron chi connectivity index (χ4n) is 1.36. The van der Waals surface area contributed by atoms with Crippen molar-refractivity contribution in [2.45, 2.75) is 39.0 Å². The summed E-state index contributed by atoms with van der Waals surface area (Å²) >= 11 is 6.01. The molecule has 0 aliphatic carbocycles. The van der Waals surface area contributed by atoms with Crippen LogP contribution in [0.1, 0.15) is 33.6 Å². The van der Waals surface area contributed by atoms with E-state index in [4.69, 9.17) is 11.6 Å². The molecule has 0 saturated carbocycles. The summed E-state index contributed by atoms with van der Waals surface area (Å²) < 4.78 is 0. The number of nitrogens with one attached hydrogen (secondary N) is 1. The predicted octanol–water partition coefficient (Wildman–Crippen LogP) is 2.33. The first-order chi connectivity index (χ1) is 6.74. The van der Waals surface area contributed by atoms with Gasteiger partial charge < -0.3 is 10.2 Å². The average molecular weight is 221 g/mol. The van der Waals surface area contributed by atoms with Crippen molar-refractivity contribution >= 4 is 11.6 Å². The van der Waals surface area contributed by atoms with E-state index in [-0.39, 0.29) is 0 Å². The lowest BCUT2D eigenvalue weighted by Gasteiger charge is -2.18. The third-order valence-corrected chi connectivity index (χ3v) is 3.10. The third kappa shape index (κ3) is 7.60. The highest BCUT2D eigenvalue weighted by molar-refractivity contribution is 6.20. The third-order valence-electron chi connectivity index (χ3n) is 2.58. The van der Waals surface area contributed by atoms with Crippen molar-refractivity contribution in [2.24, 2.45) is 0 Å². The highest BCUT2D eigenvalue weighted by atomic mass is 35.5. The molecule has 0 aromatic carbocycles. The molecule has 86 valence electrons. The van der Waals surface area contributed by atoms with Gasteiger partial charge in [0.15, 0.2) is 0 Å². The first kappa shape index (κ1) is 14.2. The molecule has 0 heterocycles. The first-order valence-electron chi connectivity index (χ1n) is 5.81. The predicted molar refractivity (Wildman–Crippen MR) is 65.2 cm³/mol. The van der Waals surface area contributed by atoms with Crippen LogP contribution in [0.2, 0.25) is 0 Å². The van der Waals surface area contributed by atoms with E-state index in [1.807, 2.05) is 0 Å². The van der Waals surface area contributed by atoms with E-state index in [0.29, 0.717) is 5.38 Å². The molecular formula is C11H25ClN2. The van der Waals surface area contributed by atoms with Crippen molar-refractivity contribution in [3.8, 4) is 0 Å². The number of likely N-dealkylation sites (N-methyl/N-ethyl adjacent to an activating group) is 1. The lowest BCUT2D eigenvalue weighted by molar-refractivity contribution is 0.302. The number of rotatable bonds is 9. The van der Waals surface area contributed by atoms with Gasteiger partial charge in [0.25, 0.3) is 0 Å². The van der Waals surface area contributed by atoms with Crippen LogP contribution in [0, 0.1) is 0 Å². The number of alkyl halides is 1. The summed E-state index contributed by atoms with van der Waals surface area (Å²) in [6, 6.07) is 0. The van der Waals surface area contributed by atoms with Gasteiger partial charge in [-0.15, -0.1) is 11.6 Å². The fourth-order valence-corrected chi connectivity index (χ4v) is 1.47. The van der Waals surface area contributed by atoms with E-state index < -0.39 is 0 Å². The molecule has 1 atom stereocenters. The van der Waals surface area contributed by atoms with E-state index in [0.717, 1.165) is 45.6 Å². The molecular weight excluding hydrogens is 196 g/mol. The average Bonchev–Trinajstić information content (AvgIpc) is 2.23. The number of hydrogen-bond acceptors (Lipinski definition) is 2. The molecule has 0 rings (SSSR count). The van der Waals surface area contributed by atoms with Crippen LogP contribution in [0.15, 0.2) is 0 Å². The standard InChI is InChI=1S/C11H25ClN2/c1-4-11(12)7-8-13-9-10-14(5-2)6-3/h11,13H,4-10H2,1-3H3. The van der Waals surface area contributed by atoms with Gasteiger partial charge in [-0.05, 0) is 32.5 Å². The molecule has 1 unspecified atom stereocenters. The molecule has 2 nitrogen and oxygen atoms in total. The van der Waals surface area contributed by atoms with Crippen molar-refractivity contribution in [2.75, 3.05) is 32.7 Å². The van der Waals surface area contributed by atoms with E-state index in [1.54, 1.807) is 0 Å². The monoisotopic (exact) mass is 220 g/mol. The van der Waals surface area contributed by atoms with Gasteiger partial charge >= 0.3 is 0 Å². The van der Waals surface area contributed by atoms with Crippen LogP contribution in [-0.2, 0) is 0 Å². The van der Waals surface area contributed by atoms with Crippen LogP contribution in [0.25, 0.3) is 0 Å². The Morgan fingerprint density at radius 3 is 2.29 bits per heavy atom. The van der Waals surface area contributed by atoms with Gasteiger partial charge in [-0.1, -0.05) is 20.8 Å². The molecule has 0 radical (unpaired) electrons. The zero-order chi connectivity index (χ0) is 10.8. The van der Waals surface area contributed by atoms with Crippen LogP contribution in [-0.4, -0.2) is 43.0 Å². The molecule has 3 heteroatoms. The van der Waals surface area contributed by atoms with Gasteiger partial charge in [0.2, 0.25) is 0 Å². The summed E-state index contributed by atoms with van der Waals surface area (Å²) in [6.45, 7) is 12.1. The van der Waals surface area contributed by atoms with Crippen LogP contribution in [0.4, 0.5) is 0 Å². The molecule has 0 aliphatic heterocycles. The molecule has 0 aromatic heterocycles. The van der Waals surface area contributed by atoms with Crippen molar-refractivity contribution in [3.05, 3.63) is 0 Å².